The lowest BCUT2D eigenvalue weighted by atomic mass is 10.0. The Bertz CT molecular complexity index is 1310. The lowest BCUT2D eigenvalue weighted by Crippen LogP contribution is -2.35. The summed E-state index contributed by atoms with van der Waals surface area (Å²) in [5, 5.41) is 3.02. The molecule has 5 rings (SSSR count). The van der Waals surface area contributed by atoms with Crippen molar-refractivity contribution in [3.05, 3.63) is 106 Å². The number of likely N-dealkylation sites (tertiary alicyclic amines) is 2. The zero-order valence-corrected chi connectivity index (χ0v) is 21.3. The molecule has 9 heteroatoms. The van der Waals surface area contributed by atoms with Gasteiger partial charge in [-0.3, -0.25) is 9.59 Å². The molecule has 2 amide bonds. The molecule has 0 aliphatic carbocycles. The molecular weight excluding hydrogens is 515 g/mol. The number of fused-ring (bicyclic) bond motifs is 1. The summed E-state index contributed by atoms with van der Waals surface area (Å²) >= 11 is 6.10. The van der Waals surface area contributed by atoms with E-state index in [9.17, 15) is 22.8 Å². The van der Waals surface area contributed by atoms with Gasteiger partial charge in [0.15, 0.2) is 0 Å². The molecule has 0 saturated carbocycles. The highest BCUT2D eigenvalue weighted by atomic mass is 35.5. The van der Waals surface area contributed by atoms with Gasteiger partial charge in [-0.05, 0) is 48.1 Å². The topological polar surface area (TPSA) is 52.7 Å². The number of halogens is 4. The van der Waals surface area contributed by atoms with Crippen LogP contribution in [-0.2, 0) is 0 Å². The van der Waals surface area contributed by atoms with E-state index in [1.165, 1.54) is 18.2 Å². The first-order valence-electron chi connectivity index (χ1n) is 12.6. The van der Waals surface area contributed by atoms with Gasteiger partial charge < -0.3 is 15.1 Å². The summed E-state index contributed by atoms with van der Waals surface area (Å²) in [6, 6.07) is 16.2. The second-order valence-electron chi connectivity index (χ2n) is 9.94. The van der Waals surface area contributed by atoms with E-state index in [0.717, 1.165) is 30.8 Å². The van der Waals surface area contributed by atoms with Crippen LogP contribution in [0.1, 0.15) is 38.7 Å². The quantitative estimate of drug-likeness (QED) is 0.440. The van der Waals surface area contributed by atoms with E-state index in [4.69, 9.17) is 11.6 Å². The zero-order chi connectivity index (χ0) is 26.8. The largest absolute Gasteiger partial charge is 0.345 e. The third-order valence-corrected chi connectivity index (χ3v) is 7.76. The normalized spacial score (nSPS) is 19.8. The van der Waals surface area contributed by atoms with Gasteiger partial charge in [0.1, 0.15) is 17.5 Å². The van der Waals surface area contributed by atoms with E-state index in [0.29, 0.717) is 32.1 Å². The minimum absolute atomic E-state index is 0.0787. The zero-order valence-electron chi connectivity index (χ0n) is 20.5. The molecule has 3 atom stereocenters. The average molecular weight is 542 g/mol. The van der Waals surface area contributed by atoms with Gasteiger partial charge in [0.2, 0.25) is 0 Å². The molecule has 3 aromatic rings. The molecule has 3 aromatic carbocycles. The Morgan fingerprint density at radius 3 is 2.26 bits per heavy atom. The van der Waals surface area contributed by atoms with Gasteiger partial charge in [0, 0.05) is 38.8 Å². The molecule has 2 saturated heterocycles. The number of amides is 2. The number of hydrogen-bond donors (Lipinski definition) is 1. The maximum Gasteiger partial charge on any atom is 0.258 e. The molecule has 38 heavy (non-hydrogen) atoms. The minimum atomic E-state index is -0.905. The first-order chi connectivity index (χ1) is 18.3. The fourth-order valence-corrected chi connectivity index (χ4v) is 5.77. The summed E-state index contributed by atoms with van der Waals surface area (Å²) in [5.41, 5.74) is 0.606. The molecule has 0 bridgehead atoms. The van der Waals surface area contributed by atoms with E-state index >= 15 is 0 Å². The molecule has 2 fully saturated rings. The number of hydrogen-bond acceptors (Lipinski definition) is 3. The third-order valence-electron chi connectivity index (χ3n) is 7.44. The second kappa shape index (κ2) is 11.2. The van der Waals surface area contributed by atoms with Gasteiger partial charge in [0.25, 0.3) is 11.8 Å². The van der Waals surface area contributed by atoms with Gasteiger partial charge in [-0.25, -0.2) is 13.2 Å². The van der Waals surface area contributed by atoms with Crippen molar-refractivity contribution < 1.29 is 22.8 Å². The van der Waals surface area contributed by atoms with Gasteiger partial charge in [0.05, 0.1) is 22.2 Å². The van der Waals surface area contributed by atoms with Crippen molar-refractivity contribution in [1.29, 1.82) is 0 Å². The van der Waals surface area contributed by atoms with Gasteiger partial charge in [-0.1, -0.05) is 48.0 Å². The van der Waals surface area contributed by atoms with Crippen LogP contribution in [0.4, 0.5) is 13.2 Å². The van der Waals surface area contributed by atoms with Crippen LogP contribution < -0.4 is 5.32 Å². The number of nitrogens with one attached hydrogen (secondary N) is 1. The molecule has 0 aromatic heterocycles. The van der Waals surface area contributed by atoms with Crippen LogP contribution in [0.25, 0.3) is 0 Å². The van der Waals surface area contributed by atoms with Crippen molar-refractivity contribution >= 4 is 23.4 Å². The summed E-state index contributed by atoms with van der Waals surface area (Å²) < 4.78 is 41.7. The maximum atomic E-state index is 14.3. The SMILES string of the molecule is O=C(NC(CCN1CC2CN(C(=O)c3c(F)cccc3Cl)CC2C1)c1ccccc1)c1ccc(F)cc1F. The van der Waals surface area contributed by atoms with Crippen LogP contribution in [0.15, 0.2) is 66.7 Å². The van der Waals surface area contributed by atoms with Crippen molar-refractivity contribution in [2.24, 2.45) is 11.8 Å². The Morgan fingerprint density at radius 2 is 1.61 bits per heavy atom. The molecule has 2 heterocycles. The lowest BCUT2D eigenvalue weighted by Gasteiger charge is -2.25. The molecule has 3 unspecified atom stereocenters. The first-order valence-corrected chi connectivity index (χ1v) is 12.9. The summed E-state index contributed by atoms with van der Waals surface area (Å²) in [4.78, 5) is 29.7. The molecule has 0 radical (unpaired) electrons. The lowest BCUT2D eigenvalue weighted by molar-refractivity contribution is 0.0769. The summed E-state index contributed by atoms with van der Waals surface area (Å²) in [5.74, 6) is -2.71. The highest BCUT2D eigenvalue weighted by Gasteiger charge is 2.42. The molecule has 198 valence electrons. The highest BCUT2D eigenvalue weighted by molar-refractivity contribution is 6.33. The molecule has 5 nitrogen and oxygen atoms in total. The summed E-state index contributed by atoms with van der Waals surface area (Å²) in [6.07, 6.45) is 0.589. The molecular formula is C29H27ClF3N3O2. The van der Waals surface area contributed by atoms with Crippen molar-refractivity contribution in [3.63, 3.8) is 0 Å². The smallest absolute Gasteiger partial charge is 0.258 e. The average Bonchev–Trinajstić information content (AvgIpc) is 3.46. The number of nitrogens with zero attached hydrogens (tertiary/aromatic N) is 2. The Kier molecular flexibility index (Phi) is 7.72. The molecule has 2 aliphatic rings. The van der Waals surface area contributed by atoms with Gasteiger partial charge in [-0.15, -0.1) is 0 Å². The number of carbonyl (C=O) groups is 2. The fourth-order valence-electron chi connectivity index (χ4n) is 5.53. The molecule has 2 aliphatic heterocycles. The minimum Gasteiger partial charge on any atom is -0.345 e. The first kappa shape index (κ1) is 26.3. The Balaban J connectivity index is 1.20. The van der Waals surface area contributed by atoms with E-state index in [-0.39, 0.29) is 39.9 Å². The summed E-state index contributed by atoms with van der Waals surface area (Å²) in [7, 11) is 0. The van der Waals surface area contributed by atoms with Crippen molar-refractivity contribution in [1.82, 2.24) is 15.1 Å². The Labute approximate surface area is 224 Å². The monoisotopic (exact) mass is 541 g/mol. The maximum absolute atomic E-state index is 14.3. The van der Waals surface area contributed by atoms with Crippen LogP contribution >= 0.6 is 11.6 Å². The van der Waals surface area contributed by atoms with Crippen molar-refractivity contribution in [2.45, 2.75) is 12.5 Å². The van der Waals surface area contributed by atoms with E-state index < -0.39 is 23.4 Å². The van der Waals surface area contributed by atoms with E-state index in [2.05, 4.69) is 10.2 Å². The Hall–Kier alpha value is -3.36. The van der Waals surface area contributed by atoms with Crippen LogP contribution in [0.5, 0.6) is 0 Å². The van der Waals surface area contributed by atoms with E-state index in [1.807, 2.05) is 30.3 Å². The fraction of sp³-hybridized carbons (Fsp3) is 0.310. The predicted octanol–water partition coefficient (Wildman–Crippen LogP) is 5.32. The van der Waals surface area contributed by atoms with Gasteiger partial charge in [-0.2, -0.15) is 0 Å². The van der Waals surface area contributed by atoms with Gasteiger partial charge >= 0.3 is 0 Å². The number of carbonyl (C=O) groups excluding carboxylic acids is 2. The second-order valence-corrected chi connectivity index (χ2v) is 10.3. The number of benzene rings is 3. The van der Waals surface area contributed by atoms with Crippen LogP contribution in [0.3, 0.4) is 0 Å². The van der Waals surface area contributed by atoms with Crippen LogP contribution in [0, 0.1) is 29.3 Å². The molecule has 1 N–H and O–H groups in total. The standard InChI is InChI=1S/C29H27ClF3N3O2/c30-23-7-4-8-24(32)27(23)29(38)36-16-19-14-35(15-20(19)17-36)12-11-26(18-5-2-1-3-6-18)34-28(37)22-10-9-21(31)13-25(22)33/h1-10,13,19-20,26H,11-12,14-17H2,(H,34,37). The number of rotatable bonds is 7. The van der Waals surface area contributed by atoms with Crippen molar-refractivity contribution in [2.75, 3.05) is 32.7 Å². The Morgan fingerprint density at radius 1 is 0.895 bits per heavy atom. The van der Waals surface area contributed by atoms with Crippen LogP contribution in [-0.4, -0.2) is 54.3 Å². The summed E-state index contributed by atoms with van der Waals surface area (Å²) in [6.45, 7) is 3.32. The predicted molar refractivity (Wildman–Crippen MR) is 138 cm³/mol. The van der Waals surface area contributed by atoms with Crippen molar-refractivity contribution in [3.8, 4) is 0 Å². The third kappa shape index (κ3) is 5.56. The molecule has 0 spiro atoms. The highest BCUT2D eigenvalue weighted by Crippen LogP contribution is 2.34. The van der Waals surface area contributed by atoms with E-state index in [1.54, 1.807) is 4.90 Å². The van der Waals surface area contributed by atoms with Crippen LogP contribution in [0.2, 0.25) is 5.02 Å².